The summed E-state index contributed by atoms with van der Waals surface area (Å²) >= 11 is 0. The van der Waals surface area contributed by atoms with Gasteiger partial charge < -0.3 is 15.0 Å². The molecule has 1 unspecified atom stereocenters. The Morgan fingerprint density at radius 2 is 2.12 bits per heavy atom. The van der Waals surface area contributed by atoms with Crippen molar-refractivity contribution in [1.82, 2.24) is 4.90 Å². The fourth-order valence-corrected chi connectivity index (χ4v) is 3.47. The van der Waals surface area contributed by atoms with Gasteiger partial charge in [0.1, 0.15) is 0 Å². The zero-order valence-electron chi connectivity index (χ0n) is 15.2. The number of nitrogens with zero attached hydrogens (tertiary/aromatic N) is 2. The number of benzene rings is 1. The Morgan fingerprint density at radius 3 is 2.80 bits per heavy atom. The van der Waals surface area contributed by atoms with E-state index in [4.69, 9.17) is 4.74 Å². The van der Waals surface area contributed by atoms with Crippen molar-refractivity contribution in [3.05, 3.63) is 24.3 Å². The third-order valence-corrected chi connectivity index (χ3v) is 4.88. The lowest BCUT2D eigenvalue weighted by molar-refractivity contribution is -0.129. The number of ether oxygens (including phenoxy) is 1. The monoisotopic (exact) mass is 345 g/mol. The minimum absolute atomic E-state index is 0.0393. The van der Waals surface area contributed by atoms with Crippen LogP contribution in [0.2, 0.25) is 0 Å². The van der Waals surface area contributed by atoms with E-state index in [1.807, 2.05) is 45.0 Å². The minimum Gasteiger partial charge on any atom is -0.373 e. The largest absolute Gasteiger partial charge is 0.373 e. The maximum atomic E-state index is 12.6. The van der Waals surface area contributed by atoms with Gasteiger partial charge in [0.15, 0.2) is 0 Å². The van der Waals surface area contributed by atoms with E-state index < -0.39 is 0 Å². The first kappa shape index (κ1) is 17.9. The molecule has 136 valence electrons. The standard InChI is InChI=1S/C19H27N3O3/c1-14(21-10-11-25-19(2,3)13-21)18(24)20-15-6-4-7-16(12-15)22-9-5-8-17(22)23/h4,6-7,12,14H,5,8-11,13H2,1-3H3,(H,20,24). The molecule has 0 spiro atoms. The van der Waals surface area contributed by atoms with Crippen LogP contribution in [0.3, 0.4) is 0 Å². The molecule has 2 heterocycles. The highest BCUT2D eigenvalue weighted by molar-refractivity contribution is 5.98. The van der Waals surface area contributed by atoms with Crippen LogP contribution in [0, 0.1) is 0 Å². The molecule has 1 aromatic carbocycles. The Kier molecular flexibility index (Phi) is 5.11. The number of rotatable bonds is 4. The predicted molar refractivity (Wildman–Crippen MR) is 97.7 cm³/mol. The molecule has 25 heavy (non-hydrogen) atoms. The molecule has 0 aliphatic carbocycles. The summed E-state index contributed by atoms with van der Waals surface area (Å²) in [6.07, 6.45) is 1.49. The molecular formula is C19H27N3O3. The van der Waals surface area contributed by atoms with Gasteiger partial charge in [-0.3, -0.25) is 14.5 Å². The Morgan fingerprint density at radius 1 is 1.32 bits per heavy atom. The van der Waals surface area contributed by atoms with Crippen molar-refractivity contribution in [3.8, 4) is 0 Å². The second-order valence-corrected chi connectivity index (χ2v) is 7.44. The van der Waals surface area contributed by atoms with Crippen molar-refractivity contribution < 1.29 is 14.3 Å². The van der Waals surface area contributed by atoms with Crippen molar-refractivity contribution >= 4 is 23.2 Å². The maximum absolute atomic E-state index is 12.6. The average molecular weight is 345 g/mol. The van der Waals surface area contributed by atoms with Gasteiger partial charge in [0, 0.05) is 37.4 Å². The molecule has 2 aliphatic heterocycles. The van der Waals surface area contributed by atoms with Crippen molar-refractivity contribution in [1.29, 1.82) is 0 Å². The fourth-order valence-electron chi connectivity index (χ4n) is 3.47. The molecule has 0 bridgehead atoms. The maximum Gasteiger partial charge on any atom is 0.241 e. The third kappa shape index (κ3) is 4.19. The smallest absolute Gasteiger partial charge is 0.241 e. The third-order valence-electron chi connectivity index (χ3n) is 4.88. The second-order valence-electron chi connectivity index (χ2n) is 7.44. The Bertz CT molecular complexity index is 659. The van der Waals surface area contributed by atoms with E-state index in [0.717, 1.165) is 37.4 Å². The van der Waals surface area contributed by atoms with Gasteiger partial charge in [-0.05, 0) is 45.4 Å². The first-order valence-corrected chi connectivity index (χ1v) is 8.95. The van der Waals surface area contributed by atoms with Crippen LogP contribution in [0.25, 0.3) is 0 Å². The lowest BCUT2D eigenvalue weighted by Crippen LogP contribution is -2.54. The Balaban J connectivity index is 1.65. The number of hydrogen-bond acceptors (Lipinski definition) is 4. The molecule has 3 rings (SSSR count). The van der Waals surface area contributed by atoms with E-state index in [9.17, 15) is 9.59 Å². The quantitative estimate of drug-likeness (QED) is 0.909. The van der Waals surface area contributed by atoms with Gasteiger partial charge in [0.25, 0.3) is 0 Å². The van der Waals surface area contributed by atoms with Gasteiger partial charge in [-0.1, -0.05) is 6.07 Å². The Labute approximate surface area is 149 Å². The van der Waals surface area contributed by atoms with Crippen molar-refractivity contribution in [2.45, 2.75) is 45.3 Å². The van der Waals surface area contributed by atoms with Gasteiger partial charge in [-0.25, -0.2) is 0 Å². The zero-order chi connectivity index (χ0) is 18.0. The summed E-state index contributed by atoms with van der Waals surface area (Å²) in [5.74, 6) is 0.106. The Hall–Kier alpha value is -1.92. The van der Waals surface area contributed by atoms with Crippen LogP contribution >= 0.6 is 0 Å². The normalized spacial score (nSPS) is 22.0. The summed E-state index contributed by atoms with van der Waals surface area (Å²) in [4.78, 5) is 28.5. The topological polar surface area (TPSA) is 61.9 Å². The molecule has 2 fully saturated rings. The van der Waals surface area contributed by atoms with E-state index in [0.29, 0.717) is 13.0 Å². The molecule has 0 aromatic heterocycles. The van der Waals surface area contributed by atoms with Crippen LogP contribution < -0.4 is 10.2 Å². The van der Waals surface area contributed by atoms with E-state index >= 15 is 0 Å². The van der Waals surface area contributed by atoms with E-state index in [1.54, 1.807) is 4.90 Å². The van der Waals surface area contributed by atoms with E-state index in [1.165, 1.54) is 0 Å². The summed E-state index contributed by atoms with van der Waals surface area (Å²) in [7, 11) is 0. The molecule has 2 aliphatic rings. The second kappa shape index (κ2) is 7.14. The lowest BCUT2D eigenvalue weighted by Gasteiger charge is -2.40. The van der Waals surface area contributed by atoms with Crippen molar-refractivity contribution in [2.75, 3.05) is 36.5 Å². The van der Waals surface area contributed by atoms with Crippen LogP contribution in [0.5, 0.6) is 0 Å². The minimum atomic E-state index is -0.236. The average Bonchev–Trinajstić information content (AvgIpc) is 2.99. The highest BCUT2D eigenvalue weighted by atomic mass is 16.5. The van der Waals surface area contributed by atoms with Gasteiger partial charge in [0.2, 0.25) is 11.8 Å². The number of nitrogens with one attached hydrogen (secondary N) is 1. The van der Waals surface area contributed by atoms with E-state index in [2.05, 4.69) is 10.2 Å². The number of carbonyl (C=O) groups is 2. The molecule has 1 atom stereocenters. The van der Waals surface area contributed by atoms with Crippen LogP contribution in [0.1, 0.15) is 33.6 Å². The summed E-state index contributed by atoms with van der Waals surface area (Å²) in [6, 6.07) is 7.28. The first-order chi connectivity index (χ1) is 11.9. The van der Waals surface area contributed by atoms with Crippen LogP contribution in [-0.2, 0) is 14.3 Å². The molecule has 2 amide bonds. The molecule has 6 nitrogen and oxygen atoms in total. The van der Waals surface area contributed by atoms with Gasteiger partial charge in [-0.15, -0.1) is 0 Å². The number of anilines is 2. The molecule has 0 radical (unpaired) electrons. The summed E-state index contributed by atoms with van der Waals surface area (Å²) in [5.41, 5.74) is 1.34. The first-order valence-electron chi connectivity index (χ1n) is 8.95. The van der Waals surface area contributed by atoms with Crippen LogP contribution in [0.4, 0.5) is 11.4 Å². The number of hydrogen-bond donors (Lipinski definition) is 1. The van der Waals surface area contributed by atoms with Gasteiger partial charge in [0.05, 0.1) is 18.2 Å². The molecule has 1 aromatic rings. The van der Waals surface area contributed by atoms with Gasteiger partial charge >= 0.3 is 0 Å². The molecule has 2 saturated heterocycles. The van der Waals surface area contributed by atoms with Crippen molar-refractivity contribution in [3.63, 3.8) is 0 Å². The molecule has 6 heteroatoms. The summed E-state index contributed by atoms with van der Waals surface area (Å²) in [5, 5.41) is 2.99. The van der Waals surface area contributed by atoms with E-state index in [-0.39, 0.29) is 23.5 Å². The van der Waals surface area contributed by atoms with Gasteiger partial charge in [-0.2, -0.15) is 0 Å². The number of carbonyl (C=O) groups excluding carboxylic acids is 2. The molecule has 1 N–H and O–H groups in total. The summed E-state index contributed by atoms with van der Waals surface area (Å²) in [6.45, 7) is 8.86. The number of morpholine rings is 1. The van der Waals surface area contributed by atoms with Crippen LogP contribution in [0.15, 0.2) is 24.3 Å². The zero-order valence-corrected chi connectivity index (χ0v) is 15.2. The van der Waals surface area contributed by atoms with Crippen LogP contribution in [-0.4, -0.2) is 54.6 Å². The fraction of sp³-hybridized carbons (Fsp3) is 0.579. The highest BCUT2D eigenvalue weighted by Crippen LogP contribution is 2.25. The number of amides is 2. The van der Waals surface area contributed by atoms with Crippen molar-refractivity contribution in [2.24, 2.45) is 0 Å². The SMILES string of the molecule is CC(C(=O)Nc1cccc(N2CCCC2=O)c1)N1CCOC(C)(C)C1. The molecule has 0 saturated carbocycles. The lowest BCUT2D eigenvalue weighted by atomic mass is 10.1. The predicted octanol–water partition coefficient (Wildman–Crippen LogP) is 2.25. The summed E-state index contributed by atoms with van der Waals surface area (Å²) < 4.78 is 5.72. The molecular weight excluding hydrogens is 318 g/mol. The highest BCUT2D eigenvalue weighted by Gasteiger charge is 2.32.